The summed E-state index contributed by atoms with van der Waals surface area (Å²) in [5, 5.41) is 3.82. The largest absolute Gasteiger partial charge is 0.310 e. The second-order valence-electron chi connectivity index (χ2n) is 3.12. The van der Waals surface area contributed by atoms with Crippen LogP contribution < -0.4 is 0 Å². The van der Waals surface area contributed by atoms with E-state index in [0.717, 1.165) is 31.9 Å². The van der Waals surface area contributed by atoms with Gasteiger partial charge in [-0.1, -0.05) is 12.2 Å². The van der Waals surface area contributed by atoms with Crippen molar-refractivity contribution in [1.29, 1.82) is 0 Å². The van der Waals surface area contributed by atoms with Gasteiger partial charge in [-0.25, -0.2) is 4.98 Å². The van der Waals surface area contributed by atoms with E-state index in [9.17, 15) is 0 Å². The molecule has 0 unspecified atom stereocenters. The van der Waals surface area contributed by atoms with Crippen molar-refractivity contribution in [3.05, 3.63) is 24.3 Å². The summed E-state index contributed by atoms with van der Waals surface area (Å²) in [6.07, 6.45) is 6.96. The molecule has 2 heterocycles. The maximum atomic E-state index is 5.56. The Morgan fingerprint density at radius 2 is 2.38 bits per heavy atom. The van der Waals surface area contributed by atoms with E-state index in [-0.39, 0.29) is 0 Å². The molecule has 0 bridgehead atoms. The van der Waals surface area contributed by atoms with Gasteiger partial charge >= 0.3 is 0 Å². The Labute approximate surface area is 78.7 Å². The molecule has 1 aromatic heterocycles. The number of rotatable bonds is 2. The highest BCUT2D eigenvalue weighted by molar-refractivity contribution is 6.05. The SMILES string of the molecule is [B]n1ncnc1CN1CC=CCC1. The molecule has 0 saturated heterocycles. The third kappa shape index (κ3) is 1.98. The number of hydrogen-bond donors (Lipinski definition) is 0. The van der Waals surface area contributed by atoms with Crippen LogP contribution in [0.25, 0.3) is 0 Å². The molecule has 0 fully saturated rings. The normalized spacial score (nSPS) is 17.8. The van der Waals surface area contributed by atoms with Gasteiger partial charge in [0.05, 0.1) is 6.54 Å². The minimum Gasteiger partial charge on any atom is -0.310 e. The van der Waals surface area contributed by atoms with Crippen molar-refractivity contribution in [2.45, 2.75) is 13.0 Å². The van der Waals surface area contributed by atoms with Crippen molar-refractivity contribution < 1.29 is 0 Å². The molecular weight excluding hydrogens is 163 g/mol. The molecule has 0 spiro atoms. The number of aromatic nitrogens is 3. The van der Waals surface area contributed by atoms with Gasteiger partial charge in [-0.15, -0.1) is 0 Å². The highest BCUT2D eigenvalue weighted by atomic mass is 15.3. The van der Waals surface area contributed by atoms with Crippen molar-refractivity contribution in [2.24, 2.45) is 0 Å². The average molecular weight is 174 g/mol. The Morgan fingerprint density at radius 1 is 1.46 bits per heavy atom. The predicted molar refractivity (Wildman–Crippen MR) is 50.2 cm³/mol. The molecule has 4 nitrogen and oxygen atoms in total. The first-order valence-electron chi connectivity index (χ1n) is 4.37. The Balaban J connectivity index is 1.98. The monoisotopic (exact) mass is 174 g/mol. The fraction of sp³-hybridized carbons (Fsp3) is 0.500. The molecule has 1 aromatic rings. The maximum absolute atomic E-state index is 5.56. The summed E-state index contributed by atoms with van der Waals surface area (Å²) in [5.41, 5.74) is 0. The second kappa shape index (κ2) is 3.74. The molecule has 0 N–H and O–H groups in total. The lowest BCUT2D eigenvalue weighted by atomic mass is 10.2. The molecule has 13 heavy (non-hydrogen) atoms. The Morgan fingerprint density at radius 3 is 3.00 bits per heavy atom. The zero-order chi connectivity index (χ0) is 9.10. The first-order valence-corrected chi connectivity index (χ1v) is 4.37. The van der Waals surface area contributed by atoms with Crippen LogP contribution in [0, 0.1) is 0 Å². The lowest BCUT2D eigenvalue weighted by molar-refractivity contribution is 0.282. The quantitative estimate of drug-likeness (QED) is 0.466. The van der Waals surface area contributed by atoms with Crippen LogP contribution in [0.3, 0.4) is 0 Å². The van der Waals surface area contributed by atoms with Gasteiger partial charge in [-0.3, -0.25) is 4.90 Å². The molecule has 2 rings (SSSR count). The minimum atomic E-state index is 0.779. The van der Waals surface area contributed by atoms with Crippen molar-refractivity contribution in [3.8, 4) is 0 Å². The van der Waals surface area contributed by atoms with Gasteiger partial charge in [-0.05, 0) is 6.42 Å². The van der Waals surface area contributed by atoms with Crippen molar-refractivity contribution in [1.82, 2.24) is 19.6 Å². The number of nitrogens with zero attached hydrogens (tertiary/aromatic N) is 4. The molecule has 66 valence electrons. The average Bonchev–Trinajstić information content (AvgIpc) is 2.54. The third-order valence-electron chi connectivity index (χ3n) is 2.15. The lowest BCUT2D eigenvalue weighted by Gasteiger charge is -2.22. The fourth-order valence-electron chi connectivity index (χ4n) is 1.42. The van der Waals surface area contributed by atoms with E-state index in [1.54, 1.807) is 0 Å². The highest BCUT2D eigenvalue weighted by Crippen LogP contribution is 2.05. The van der Waals surface area contributed by atoms with Crippen LogP contribution in [0.5, 0.6) is 0 Å². The van der Waals surface area contributed by atoms with Crippen LogP contribution in [0.15, 0.2) is 18.5 Å². The van der Waals surface area contributed by atoms with Crippen molar-refractivity contribution in [3.63, 3.8) is 0 Å². The van der Waals surface area contributed by atoms with Crippen LogP contribution in [0.4, 0.5) is 0 Å². The van der Waals surface area contributed by atoms with Gasteiger partial charge in [0, 0.05) is 13.1 Å². The summed E-state index contributed by atoms with van der Waals surface area (Å²) in [6, 6.07) is 0. The van der Waals surface area contributed by atoms with Gasteiger partial charge in [0.25, 0.3) is 7.98 Å². The molecule has 0 aliphatic carbocycles. The van der Waals surface area contributed by atoms with E-state index in [1.807, 2.05) is 0 Å². The first-order chi connectivity index (χ1) is 6.36. The van der Waals surface area contributed by atoms with Gasteiger partial charge in [-0.2, -0.15) is 5.10 Å². The molecule has 5 heteroatoms. The molecule has 0 amide bonds. The third-order valence-corrected chi connectivity index (χ3v) is 2.15. The maximum Gasteiger partial charge on any atom is 0.266 e. The summed E-state index contributed by atoms with van der Waals surface area (Å²) in [4.78, 5) is 6.36. The summed E-state index contributed by atoms with van der Waals surface area (Å²) in [5.74, 6) is 0.815. The van der Waals surface area contributed by atoms with Gasteiger partial charge in [0.1, 0.15) is 12.2 Å². The minimum absolute atomic E-state index is 0.779. The Hall–Kier alpha value is -1.10. The molecule has 0 atom stereocenters. The van der Waals surface area contributed by atoms with Crippen LogP contribution in [0.1, 0.15) is 12.2 Å². The molecule has 1 aliphatic rings. The Kier molecular flexibility index (Phi) is 2.45. The zero-order valence-corrected chi connectivity index (χ0v) is 7.43. The lowest BCUT2D eigenvalue weighted by Crippen LogP contribution is -2.28. The number of hydrogen-bond acceptors (Lipinski definition) is 3. The standard InChI is InChI=1S/C8H11BN4/c9-13-8(10-7-11-13)6-12-4-2-1-3-5-12/h1-2,7H,3-6H2. The van der Waals surface area contributed by atoms with Crippen molar-refractivity contribution >= 4 is 7.98 Å². The summed E-state index contributed by atoms with van der Waals surface area (Å²) in [6.45, 7) is 2.83. The van der Waals surface area contributed by atoms with Crippen LogP contribution in [-0.4, -0.2) is 40.6 Å². The van der Waals surface area contributed by atoms with E-state index in [1.165, 1.54) is 10.9 Å². The van der Waals surface area contributed by atoms with E-state index in [4.69, 9.17) is 7.98 Å². The molecule has 0 saturated carbocycles. The van der Waals surface area contributed by atoms with Crippen LogP contribution in [0.2, 0.25) is 0 Å². The Bertz CT molecular complexity index is 307. The van der Waals surface area contributed by atoms with Crippen LogP contribution >= 0.6 is 0 Å². The predicted octanol–water partition coefficient (Wildman–Crippen LogP) is -0.0284. The van der Waals surface area contributed by atoms with E-state index >= 15 is 0 Å². The van der Waals surface area contributed by atoms with E-state index < -0.39 is 0 Å². The fourth-order valence-corrected chi connectivity index (χ4v) is 1.42. The topological polar surface area (TPSA) is 34.0 Å². The highest BCUT2D eigenvalue weighted by Gasteiger charge is 2.09. The molecule has 0 aromatic carbocycles. The first kappa shape index (κ1) is 8.50. The zero-order valence-electron chi connectivity index (χ0n) is 7.43. The van der Waals surface area contributed by atoms with Crippen LogP contribution in [-0.2, 0) is 6.54 Å². The molecule has 1 aliphatic heterocycles. The molecular formula is C8H11BN4. The summed E-state index contributed by atoms with van der Waals surface area (Å²) >= 11 is 0. The van der Waals surface area contributed by atoms with E-state index in [2.05, 4.69) is 27.1 Å². The van der Waals surface area contributed by atoms with E-state index in [0.29, 0.717) is 0 Å². The van der Waals surface area contributed by atoms with Crippen molar-refractivity contribution in [2.75, 3.05) is 13.1 Å². The second-order valence-corrected chi connectivity index (χ2v) is 3.12. The van der Waals surface area contributed by atoms with Gasteiger partial charge in [0.15, 0.2) is 0 Å². The summed E-state index contributed by atoms with van der Waals surface area (Å²) in [7, 11) is 5.56. The summed E-state index contributed by atoms with van der Waals surface area (Å²) < 4.78 is 1.33. The molecule has 2 radical (unpaired) electrons. The van der Waals surface area contributed by atoms with Gasteiger partial charge in [0.2, 0.25) is 0 Å². The smallest absolute Gasteiger partial charge is 0.266 e. The van der Waals surface area contributed by atoms with Gasteiger partial charge < -0.3 is 4.59 Å².